The molecule has 0 saturated carbocycles. The lowest BCUT2D eigenvalue weighted by molar-refractivity contribution is -0.141. The van der Waals surface area contributed by atoms with Crippen LogP contribution in [0, 0.1) is 5.82 Å². The van der Waals surface area contributed by atoms with E-state index in [-0.39, 0.29) is 28.2 Å². The van der Waals surface area contributed by atoms with Crippen molar-refractivity contribution in [3.8, 4) is 22.5 Å². The maximum Gasteiger partial charge on any atom is 0.433 e. The van der Waals surface area contributed by atoms with Crippen molar-refractivity contribution in [3.05, 3.63) is 42.0 Å². The summed E-state index contributed by atoms with van der Waals surface area (Å²) in [7, 11) is 0. The van der Waals surface area contributed by atoms with E-state index in [2.05, 4.69) is 25.6 Å². The molecule has 3 N–H and O–H groups in total. The van der Waals surface area contributed by atoms with Gasteiger partial charge in [0.1, 0.15) is 11.5 Å². The fraction of sp³-hybridized carbons (Fsp3) is 0.0769. The summed E-state index contributed by atoms with van der Waals surface area (Å²) in [5.41, 5.74) is 5.02. The number of H-pyrrole nitrogens is 1. The van der Waals surface area contributed by atoms with Crippen molar-refractivity contribution in [2.45, 2.75) is 6.18 Å². The van der Waals surface area contributed by atoms with E-state index in [1.54, 1.807) is 0 Å². The molecule has 118 valence electrons. The molecule has 0 aliphatic heterocycles. The van der Waals surface area contributed by atoms with Crippen LogP contribution in [0.1, 0.15) is 5.69 Å². The molecule has 2 aromatic heterocycles. The first-order valence-electron chi connectivity index (χ1n) is 6.23. The Labute approximate surface area is 126 Å². The third-order valence-corrected chi connectivity index (χ3v) is 3.06. The topological polar surface area (TPSA) is 93.4 Å². The van der Waals surface area contributed by atoms with Gasteiger partial charge in [0.05, 0.1) is 0 Å². The first-order valence-corrected chi connectivity index (χ1v) is 6.23. The normalized spacial score (nSPS) is 11.7. The number of hydrogen-bond donors (Lipinski definition) is 2. The number of rotatable bonds is 2. The van der Waals surface area contributed by atoms with E-state index in [9.17, 15) is 17.6 Å². The molecule has 0 atom stereocenters. The quantitative estimate of drug-likeness (QED) is 0.558. The number of nitrogens with one attached hydrogen (secondary N) is 1. The van der Waals surface area contributed by atoms with Crippen molar-refractivity contribution in [2.75, 3.05) is 5.73 Å². The number of nitrogens with two attached hydrogens (primary N) is 1. The number of alkyl halides is 3. The van der Waals surface area contributed by atoms with Gasteiger partial charge < -0.3 is 5.73 Å². The van der Waals surface area contributed by atoms with Crippen LogP contribution in [0.3, 0.4) is 0 Å². The van der Waals surface area contributed by atoms with Gasteiger partial charge in [-0.1, -0.05) is 6.07 Å². The maximum atomic E-state index is 14.3. The summed E-state index contributed by atoms with van der Waals surface area (Å²) >= 11 is 0. The SMILES string of the molecule is Nc1cc(F)c(-c2ccc(C(F)(F)F)nc2)c(-c2nnn[nH]2)c1. The lowest BCUT2D eigenvalue weighted by Crippen LogP contribution is -2.07. The van der Waals surface area contributed by atoms with Gasteiger partial charge in [0.15, 0.2) is 5.82 Å². The molecule has 0 aliphatic rings. The number of nitrogen functional groups attached to an aromatic ring is 1. The van der Waals surface area contributed by atoms with Crippen LogP contribution in [0.25, 0.3) is 22.5 Å². The minimum atomic E-state index is -4.57. The first kappa shape index (κ1) is 14.9. The fourth-order valence-corrected chi connectivity index (χ4v) is 2.09. The minimum absolute atomic E-state index is 0.000950. The number of pyridine rings is 1. The van der Waals surface area contributed by atoms with E-state index in [0.717, 1.165) is 24.4 Å². The number of halogens is 4. The van der Waals surface area contributed by atoms with Crippen LogP contribution in [0.15, 0.2) is 30.5 Å². The molecule has 10 heteroatoms. The highest BCUT2D eigenvalue weighted by Crippen LogP contribution is 2.35. The Morgan fingerprint density at radius 1 is 1.13 bits per heavy atom. The number of anilines is 1. The van der Waals surface area contributed by atoms with Gasteiger partial charge in [0.2, 0.25) is 0 Å². The second-order valence-electron chi connectivity index (χ2n) is 4.61. The van der Waals surface area contributed by atoms with Crippen LogP contribution < -0.4 is 5.73 Å². The predicted molar refractivity (Wildman–Crippen MR) is 72.2 cm³/mol. The summed E-state index contributed by atoms with van der Waals surface area (Å²) in [5.74, 6) is -0.593. The van der Waals surface area contributed by atoms with E-state index in [1.165, 1.54) is 6.07 Å². The molecule has 0 radical (unpaired) electrons. The predicted octanol–water partition coefficient (Wildman–Crippen LogP) is 2.67. The Morgan fingerprint density at radius 3 is 2.48 bits per heavy atom. The molecular weight excluding hydrogens is 316 g/mol. The maximum absolute atomic E-state index is 14.3. The molecule has 3 aromatic rings. The summed E-state index contributed by atoms with van der Waals surface area (Å²) in [4.78, 5) is 3.33. The smallest absolute Gasteiger partial charge is 0.399 e. The van der Waals surface area contributed by atoms with Gasteiger partial charge in [0.25, 0.3) is 0 Å². The summed E-state index contributed by atoms with van der Waals surface area (Å²) in [6, 6.07) is 4.36. The van der Waals surface area contributed by atoms with E-state index in [4.69, 9.17) is 5.73 Å². The second kappa shape index (κ2) is 5.30. The van der Waals surface area contributed by atoms with Gasteiger partial charge in [-0.3, -0.25) is 4.98 Å². The van der Waals surface area contributed by atoms with Crippen LogP contribution in [0.2, 0.25) is 0 Å². The zero-order valence-corrected chi connectivity index (χ0v) is 11.3. The molecule has 0 aliphatic carbocycles. The Balaban J connectivity index is 2.16. The average molecular weight is 324 g/mol. The van der Waals surface area contributed by atoms with Crippen LogP contribution in [0.4, 0.5) is 23.2 Å². The number of aromatic nitrogens is 5. The molecule has 0 saturated heterocycles. The van der Waals surface area contributed by atoms with Crippen molar-refractivity contribution in [3.63, 3.8) is 0 Å². The summed E-state index contributed by atoms with van der Waals surface area (Å²) in [6.45, 7) is 0. The highest BCUT2D eigenvalue weighted by atomic mass is 19.4. The van der Waals surface area contributed by atoms with Crippen molar-refractivity contribution < 1.29 is 17.6 Å². The van der Waals surface area contributed by atoms with Crippen molar-refractivity contribution in [2.24, 2.45) is 0 Å². The monoisotopic (exact) mass is 324 g/mol. The van der Waals surface area contributed by atoms with Crippen LogP contribution in [-0.4, -0.2) is 25.6 Å². The number of aromatic amines is 1. The molecule has 2 heterocycles. The molecule has 0 unspecified atom stereocenters. The van der Waals surface area contributed by atoms with Crippen molar-refractivity contribution in [1.29, 1.82) is 0 Å². The number of tetrazole rings is 1. The van der Waals surface area contributed by atoms with Crippen LogP contribution in [-0.2, 0) is 6.18 Å². The van der Waals surface area contributed by atoms with Gasteiger partial charge in [-0.2, -0.15) is 13.2 Å². The fourth-order valence-electron chi connectivity index (χ4n) is 2.09. The summed E-state index contributed by atoms with van der Waals surface area (Å²) in [5, 5.41) is 12.9. The Hall–Kier alpha value is -3.04. The van der Waals surface area contributed by atoms with Crippen LogP contribution >= 0.6 is 0 Å². The molecule has 0 amide bonds. The minimum Gasteiger partial charge on any atom is -0.399 e. The van der Waals surface area contributed by atoms with Gasteiger partial charge in [-0.15, -0.1) is 5.10 Å². The van der Waals surface area contributed by atoms with E-state index in [0.29, 0.717) is 0 Å². The van der Waals surface area contributed by atoms with Crippen LogP contribution in [0.5, 0.6) is 0 Å². The molecule has 3 rings (SSSR count). The lowest BCUT2D eigenvalue weighted by Gasteiger charge is -2.11. The molecule has 1 aromatic carbocycles. The van der Waals surface area contributed by atoms with E-state index >= 15 is 0 Å². The molecule has 0 spiro atoms. The molecule has 0 fully saturated rings. The first-order chi connectivity index (χ1) is 10.9. The Bertz CT molecular complexity index is 827. The van der Waals surface area contributed by atoms with Crippen molar-refractivity contribution in [1.82, 2.24) is 25.6 Å². The summed E-state index contributed by atoms with van der Waals surface area (Å²) < 4.78 is 52.0. The molecule has 6 nitrogen and oxygen atoms in total. The molecule has 0 bridgehead atoms. The largest absolute Gasteiger partial charge is 0.433 e. The van der Waals surface area contributed by atoms with E-state index < -0.39 is 17.7 Å². The van der Waals surface area contributed by atoms with Gasteiger partial charge in [-0.05, 0) is 28.6 Å². The van der Waals surface area contributed by atoms with E-state index in [1.807, 2.05) is 0 Å². The third-order valence-electron chi connectivity index (χ3n) is 3.06. The summed E-state index contributed by atoms with van der Waals surface area (Å²) in [6.07, 6.45) is -3.64. The second-order valence-corrected chi connectivity index (χ2v) is 4.61. The standard InChI is InChI=1S/C13H8F4N6/c14-9-4-7(18)3-8(12-20-22-23-21-12)11(9)6-1-2-10(19-5-6)13(15,16)17/h1-5H,18H2,(H,20,21,22,23). The number of benzene rings is 1. The third kappa shape index (κ3) is 2.82. The van der Waals surface area contributed by atoms with Gasteiger partial charge in [0, 0.05) is 28.6 Å². The van der Waals surface area contributed by atoms with Gasteiger partial charge in [-0.25, -0.2) is 9.49 Å². The molecular formula is C13H8F4N6. The zero-order chi connectivity index (χ0) is 16.6. The van der Waals surface area contributed by atoms with Crippen molar-refractivity contribution >= 4 is 5.69 Å². The molecule has 23 heavy (non-hydrogen) atoms. The Kier molecular flexibility index (Phi) is 3.43. The zero-order valence-electron chi connectivity index (χ0n) is 11.3. The number of hydrogen-bond acceptors (Lipinski definition) is 5. The number of nitrogens with zero attached hydrogens (tertiary/aromatic N) is 4. The highest BCUT2D eigenvalue weighted by Gasteiger charge is 2.32. The highest BCUT2D eigenvalue weighted by molar-refractivity contribution is 5.82. The average Bonchev–Trinajstić information content (AvgIpc) is 3.00. The lowest BCUT2D eigenvalue weighted by atomic mass is 9.99. The Morgan fingerprint density at radius 2 is 1.91 bits per heavy atom. The van der Waals surface area contributed by atoms with Gasteiger partial charge >= 0.3 is 6.18 Å².